The molecule has 0 heterocycles. The van der Waals surface area contributed by atoms with Crippen LogP contribution >= 0.6 is 15.9 Å². The Bertz CT molecular complexity index is 342. The number of nitrogens with zero attached hydrogens (tertiary/aromatic N) is 1. The van der Waals surface area contributed by atoms with Crippen molar-refractivity contribution in [2.75, 3.05) is 40.1 Å². The van der Waals surface area contributed by atoms with E-state index in [0.717, 1.165) is 23.9 Å². The van der Waals surface area contributed by atoms with E-state index in [0.29, 0.717) is 13.0 Å². The Kier molecular flexibility index (Phi) is 26.9. The van der Waals surface area contributed by atoms with Crippen LogP contribution in [0.15, 0.2) is 0 Å². The van der Waals surface area contributed by atoms with Gasteiger partial charge in [-0.05, 0) is 12.3 Å². The van der Waals surface area contributed by atoms with Gasteiger partial charge in [-0.2, -0.15) is 0 Å². The van der Waals surface area contributed by atoms with Crippen LogP contribution in [0.4, 0.5) is 0 Å². The van der Waals surface area contributed by atoms with Gasteiger partial charge in [0.2, 0.25) is 0 Å². The summed E-state index contributed by atoms with van der Waals surface area (Å²) in [5, 5.41) is 0. The molecule has 0 aliphatic carbocycles. The lowest BCUT2D eigenvalue weighted by Crippen LogP contribution is -2.35. The highest BCUT2D eigenvalue weighted by Gasteiger charge is 2.09. The molecule has 4 heteroatoms. The zero-order valence-corrected chi connectivity index (χ0v) is 22.9. The van der Waals surface area contributed by atoms with E-state index in [-0.39, 0.29) is 5.97 Å². The van der Waals surface area contributed by atoms with Gasteiger partial charge in [0.15, 0.2) is 0 Å². The Morgan fingerprint density at radius 3 is 1.37 bits per heavy atom. The zero-order valence-electron chi connectivity index (χ0n) is 21.3. The first-order chi connectivity index (χ1) is 14.5. The van der Waals surface area contributed by atoms with E-state index in [1.165, 1.54) is 96.3 Å². The Balaban J connectivity index is 0. The number of hydrogen-bond donors (Lipinski definition) is 0. The van der Waals surface area contributed by atoms with E-state index in [1.807, 2.05) is 5.83 Å². The Morgan fingerprint density at radius 1 is 0.633 bits per heavy atom. The van der Waals surface area contributed by atoms with Gasteiger partial charge in [0.1, 0.15) is 0 Å². The van der Waals surface area contributed by atoms with Crippen molar-refractivity contribution >= 4 is 21.9 Å². The molecule has 0 aliphatic rings. The summed E-state index contributed by atoms with van der Waals surface area (Å²) < 4.78 is 6.24. The molecule has 0 spiro atoms. The molecule has 0 unspecified atom stereocenters. The maximum atomic E-state index is 11.7. The molecule has 0 aromatic rings. The molecule has 0 rings (SSSR count). The van der Waals surface area contributed by atoms with Crippen molar-refractivity contribution in [2.45, 2.75) is 122 Å². The number of esters is 1. The van der Waals surface area contributed by atoms with Crippen LogP contribution in [-0.2, 0) is 9.53 Å². The number of unbranched alkanes of at least 4 members (excludes halogenated alkanes) is 15. The van der Waals surface area contributed by atoms with Crippen LogP contribution in [0.5, 0.6) is 0 Å². The summed E-state index contributed by atoms with van der Waals surface area (Å²) in [5.74, 6) is 1.79. The number of ether oxygens (including phenoxy) is 1. The van der Waals surface area contributed by atoms with Crippen LogP contribution in [0.25, 0.3) is 0 Å². The smallest absolute Gasteiger partial charge is 0.306 e. The second kappa shape index (κ2) is 25.2. The maximum absolute atomic E-state index is 11.7. The second-order valence-electron chi connectivity index (χ2n) is 9.64. The summed E-state index contributed by atoms with van der Waals surface area (Å²) in [6.07, 6.45) is 23.4. The van der Waals surface area contributed by atoms with Crippen molar-refractivity contribution < 1.29 is 14.0 Å². The van der Waals surface area contributed by atoms with Crippen molar-refractivity contribution in [1.29, 1.82) is 0 Å². The SMILES string of the molecule is CBr.CCCCCCCCCCCCCCCCCCOC(=O)CCC[N+](C)(C)C. The van der Waals surface area contributed by atoms with Crippen LogP contribution < -0.4 is 0 Å². The third kappa shape index (κ3) is 30.1. The van der Waals surface area contributed by atoms with Crippen molar-refractivity contribution in [2.24, 2.45) is 0 Å². The standard InChI is InChI=1S/C25H52NO2.CH3Br/c1-5-6-7-8-9-10-11-12-13-14-15-16-17-18-19-20-24-28-25(27)22-21-23-26(2,3)4;1-2/h5-24H2,1-4H3;1H3/q+1;. The molecular weight excluding hydrogens is 438 g/mol. The van der Waals surface area contributed by atoms with E-state index >= 15 is 0 Å². The average molecular weight is 494 g/mol. The first kappa shape index (κ1) is 32.1. The minimum atomic E-state index is -0.0191. The fourth-order valence-electron chi connectivity index (χ4n) is 3.61. The largest absolute Gasteiger partial charge is 0.466 e. The Morgan fingerprint density at radius 2 is 1.00 bits per heavy atom. The molecule has 0 radical (unpaired) electrons. The number of halogens is 1. The van der Waals surface area contributed by atoms with Crippen molar-refractivity contribution in [3.8, 4) is 0 Å². The highest BCUT2D eigenvalue weighted by atomic mass is 79.9. The van der Waals surface area contributed by atoms with E-state index in [2.05, 4.69) is 44.0 Å². The van der Waals surface area contributed by atoms with Gasteiger partial charge in [-0.15, -0.1) is 0 Å². The lowest BCUT2D eigenvalue weighted by Gasteiger charge is -2.23. The second-order valence-corrected chi connectivity index (χ2v) is 9.64. The van der Waals surface area contributed by atoms with Crippen LogP contribution in [0, 0.1) is 0 Å². The summed E-state index contributed by atoms with van der Waals surface area (Å²) in [7, 11) is 6.46. The van der Waals surface area contributed by atoms with E-state index in [1.54, 1.807) is 0 Å². The number of rotatable bonds is 21. The molecule has 0 fully saturated rings. The molecule has 0 bridgehead atoms. The fraction of sp³-hybridized carbons (Fsp3) is 0.962. The third-order valence-electron chi connectivity index (χ3n) is 5.47. The number of carbonyl (C=O) groups is 1. The van der Waals surface area contributed by atoms with Gasteiger partial charge in [-0.3, -0.25) is 4.79 Å². The van der Waals surface area contributed by atoms with Gasteiger partial charge in [-0.25, -0.2) is 0 Å². The molecule has 0 atom stereocenters. The van der Waals surface area contributed by atoms with E-state index in [4.69, 9.17) is 4.74 Å². The number of alkyl halides is 1. The van der Waals surface area contributed by atoms with Gasteiger partial charge < -0.3 is 9.22 Å². The van der Waals surface area contributed by atoms with Crippen molar-refractivity contribution in [3.05, 3.63) is 0 Å². The Hall–Kier alpha value is -0.0900. The summed E-state index contributed by atoms with van der Waals surface area (Å²) >= 11 is 2.94. The predicted octanol–water partition coefficient (Wildman–Crippen LogP) is 8.29. The summed E-state index contributed by atoms with van der Waals surface area (Å²) in [4.78, 5) is 11.7. The minimum Gasteiger partial charge on any atom is -0.466 e. The number of quaternary nitrogens is 1. The van der Waals surface area contributed by atoms with Gasteiger partial charge >= 0.3 is 5.97 Å². The summed E-state index contributed by atoms with van der Waals surface area (Å²) in [6.45, 7) is 3.92. The van der Waals surface area contributed by atoms with E-state index in [9.17, 15) is 4.79 Å². The average Bonchev–Trinajstić information content (AvgIpc) is 2.71. The van der Waals surface area contributed by atoms with Crippen LogP contribution in [0.2, 0.25) is 0 Å². The molecular formula is C26H55BrNO2+. The molecule has 0 N–H and O–H groups in total. The molecule has 0 saturated carbocycles. The summed E-state index contributed by atoms with van der Waals surface area (Å²) in [5.41, 5.74) is 0. The van der Waals surface area contributed by atoms with Crippen LogP contribution in [-0.4, -0.2) is 50.6 Å². The van der Waals surface area contributed by atoms with Gasteiger partial charge in [0, 0.05) is 6.42 Å². The molecule has 3 nitrogen and oxygen atoms in total. The number of carbonyl (C=O) groups excluding carboxylic acids is 1. The summed E-state index contributed by atoms with van der Waals surface area (Å²) in [6, 6.07) is 0. The first-order valence-electron chi connectivity index (χ1n) is 12.8. The van der Waals surface area contributed by atoms with Crippen molar-refractivity contribution in [3.63, 3.8) is 0 Å². The zero-order chi connectivity index (χ0) is 22.9. The van der Waals surface area contributed by atoms with Crippen molar-refractivity contribution in [1.82, 2.24) is 0 Å². The quantitative estimate of drug-likeness (QED) is 0.0696. The molecule has 0 aromatic carbocycles. The van der Waals surface area contributed by atoms with Gasteiger partial charge in [0.25, 0.3) is 0 Å². The Labute approximate surface area is 198 Å². The highest BCUT2D eigenvalue weighted by molar-refractivity contribution is 9.08. The number of hydrogen-bond acceptors (Lipinski definition) is 2. The van der Waals surface area contributed by atoms with Crippen LogP contribution in [0.1, 0.15) is 122 Å². The van der Waals surface area contributed by atoms with Gasteiger partial charge in [0.05, 0.1) is 40.7 Å². The maximum Gasteiger partial charge on any atom is 0.306 e. The lowest BCUT2D eigenvalue weighted by molar-refractivity contribution is -0.870. The monoisotopic (exact) mass is 492 g/mol. The van der Waals surface area contributed by atoms with Crippen LogP contribution in [0.3, 0.4) is 0 Å². The molecule has 0 aromatic heterocycles. The third-order valence-corrected chi connectivity index (χ3v) is 5.47. The molecule has 0 saturated heterocycles. The highest BCUT2D eigenvalue weighted by Crippen LogP contribution is 2.13. The van der Waals surface area contributed by atoms with E-state index < -0.39 is 0 Å². The predicted molar refractivity (Wildman–Crippen MR) is 137 cm³/mol. The molecule has 0 aliphatic heterocycles. The molecule has 0 amide bonds. The van der Waals surface area contributed by atoms with Gasteiger partial charge in [-0.1, -0.05) is 119 Å². The fourth-order valence-corrected chi connectivity index (χ4v) is 3.61. The topological polar surface area (TPSA) is 26.3 Å². The lowest BCUT2D eigenvalue weighted by atomic mass is 10.0. The molecule has 182 valence electrons. The molecule has 30 heavy (non-hydrogen) atoms. The minimum absolute atomic E-state index is 0.0191. The first-order valence-corrected chi connectivity index (χ1v) is 14.4. The normalized spacial score (nSPS) is 11.1.